The molecule has 2 unspecified atom stereocenters. The topological polar surface area (TPSA) is 95.9 Å². The van der Waals surface area contributed by atoms with E-state index < -0.39 is 12.1 Å². The fourth-order valence-corrected chi connectivity index (χ4v) is 13.1. The number of hydrogen-bond acceptors (Lipinski definition) is 5. The van der Waals surface area contributed by atoms with Gasteiger partial charge in [0.1, 0.15) is 0 Å². The van der Waals surface area contributed by atoms with Gasteiger partial charge in [-0.2, -0.15) is 0 Å². The molecule has 0 aromatic carbocycles. The number of ether oxygens (including phenoxy) is 1. The molecule has 0 aliphatic heterocycles. The van der Waals surface area contributed by atoms with Gasteiger partial charge in [-0.3, -0.25) is 9.59 Å². The molecule has 0 spiro atoms. The Morgan fingerprint density at radius 2 is 0.568 bits per heavy atom. The van der Waals surface area contributed by atoms with Crippen LogP contribution in [0.5, 0.6) is 0 Å². The Hall–Kier alpha value is -1.66. The molecule has 0 aliphatic rings. The molecule has 0 aromatic rings. The minimum atomic E-state index is -0.662. The standard InChI is InChI=1S/C82H159NO5/c1-3-5-7-9-11-13-15-17-19-21-23-24-36-39-42-46-50-54-58-62-66-70-74-80(85)79(78-84)83-81(86)75-71-67-63-59-55-51-47-43-40-37-34-32-30-28-26-25-27-29-31-33-35-38-41-45-49-53-57-61-65-69-73-77-88-82(87)76-72-68-64-60-56-52-48-44-22-20-18-16-14-12-10-8-6-4-2/h14,16,20,22,79-80,84-85H,3-13,15,17-19,21,23-78H2,1-2H3,(H,83,86)/b16-14-,22-20-. The Kier molecular flexibility index (Phi) is 76.3. The van der Waals surface area contributed by atoms with E-state index in [1.54, 1.807) is 0 Å². The van der Waals surface area contributed by atoms with Crippen LogP contribution in [0.15, 0.2) is 24.3 Å². The van der Waals surface area contributed by atoms with E-state index in [9.17, 15) is 19.8 Å². The third-order valence-electron chi connectivity index (χ3n) is 19.3. The van der Waals surface area contributed by atoms with Gasteiger partial charge in [0.05, 0.1) is 25.4 Å². The summed E-state index contributed by atoms with van der Waals surface area (Å²) in [6.07, 6.45) is 99.9. The highest BCUT2D eigenvalue weighted by Crippen LogP contribution is 2.20. The number of unbranched alkanes of at least 4 members (excludes halogenated alkanes) is 62. The molecule has 0 aromatic heterocycles. The second-order valence-corrected chi connectivity index (χ2v) is 28.1. The van der Waals surface area contributed by atoms with Gasteiger partial charge < -0.3 is 20.3 Å². The number of rotatable bonds is 77. The second-order valence-electron chi connectivity index (χ2n) is 28.1. The first-order valence-electron chi connectivity index (χ1n) is 40.6. The number of aliphatic hydroxyl groups is 2. The lowest BCUT2D eigenvalue weighted by atomic mass is 10.0. The van der Waals surface area contributed by atoms with Gasteiger partial charge in [-0.15, -0.1) is 0 Å². The van der Waals surface area contributed by atoms with Crippen LogP contribution in [0.1, 0.15) is 463 Å². The van der Waals surface area contributed by atoms with Crippen LogP contribution in [-0.2, 0) is 14.3 Å². The van der Waals surface area contributed by atoms with Crippen LogP contribution < -0.4 is 5.32 Å². The molecule has 0 saturated carbocycles. The Bertz CT molecular complexity index is 1380. The van der Waals surface area contributed by atoms with Gasteiger partial charge in [0.2, 0.25) is 5.91 Å². The Morgan fingerprint density at radius 3 is 0.875 bits per heavy atom. The summed E-state index contributed by atoms with van der Waals surface area (Å²) in [5, 5.41) is 23.5. The van der Waals surface area contributed by atoms with E-state index in [1.165, 1.54) is 379 Å². The third-order valence-corrected chi connectivity index (χ3v) is 19.3. The summed E-state index contributed by atoms with van der Waals surface area (Å²) >= 11 is 0. The smallest absolute Gasteiger partial charge is 0.305 e. The average Bonchev–Trinajstić information content (AvgIpc) is 3.58. The summed E-state index contributed by atoms with van der Waals surface area (Å²) in [6, 6.07) is -0.539. The van der Waals surface area contributed by atoms with Crippen molar-refractivity contribution in [3.05, 3.63) is 24.3 Å². The SMILES string of the molecule is CCCCCC/C=C\C/C=C\CCCCCCCCCC(=O)OCCCCCCCCCCCCCCCCCCCCCCCCCCCCCCCCCC(=O)NC(CO)C(O)CCCCCCCCCCCCCCCCCCCCCCCC. The Labute approximate surface area is 551 Å². The molecule has 0 aliphatic carbocycles. The van der Waals surface area contributed by atoms with Crippen LogP contribution in [-0.4, -0.2) is 47.4 Å². The van der Waals surface area contributed by atoms with E-state index in [0.717, 1.165) is 51.4 Å². The minimum Gasteiger partial charge on any atom is -0.466 e. The van der Waals surface area contributed by atoms with Crippen molar-refractivity contribution in [1.29, 1.82) is 0 Å². The highest BCUT2D eigenvalue weighted by Gasteiger charge is 2.20. The maximum Gasteiger partial charge on any atom is 0.305 e. The lowest BCUT2D eigenvalue weighted by molar-refractivity contribution is -0.143. The molecule has 0 fully saturated rings. The highest BCUT2D eigenvalue weighted by atomic mass is 16.5. The highest BCUT2D eigenvalue weighted by molar-refractivity contribution is 5.76. The van der Waals surface area contributed by atoms with E-state index in [2.05, 4.69) is 43.5 Å². The van der Waals surface area contributed by atoms with Crippen molar-refractivity contribution in [2.24, 2.45) is 0 Å². The molecule has 6 nitrogen and oxygen atoms in total. The largest absolute Gasteiger partial charge is 0.466 e. The summed E-state index contributed by atoms with van der Waals surface area (Å²) in [5.41, 5.74) is 0. The first kappa shape index (κ1) is 86.3. The number of allylic oxidation sites excluding steroid dienone is 4. The Morgan fingerprint density at radius 1 is 0.318 bits per heavy atom. The number of carbonyl (C=O) groups excluding carboxylic acids is 2. The number of amides is 1. The van der Waals surface area contributed by atoms with E-state index in [1.807, 2.05) is 0 Å². The van der Waals surface area contributed by atoms with Crippen LogP contribution in [0.2, 0.25) is 0 Å². The summed E-state index contributed by atoms with van der Waals surface area (Å²) < 4.78 is 5.51. The Balaban J connectivity index is 3.33. The molecule has 0 radical (unpaired) electrons. The lowest BCUT2D eigenvalue weighted by Gasteiger charge is -2.22. The van der Waals surface area contributed by atoms with E-state index in [0.29, 0.717) is 25.9 Å². The fraction of sp³-hybridized carbons (Fsp3) is 0.927. The van der Waals surface area contributed by atoms with Gasteiger partial charge >= 0.3 is 5.97 Å². The molecule has 2 atom stereocenters. The monoisotopic (exact) mass is 1240 g/mol. The molecule has 0 rings (SSSR count). The van der Waals surface area contributed by atoms with Gasteiger partial charge in [-0.25, -0.2) is 0 Å². The van der Waals surface area contributed by atoms with Crippen molar-refractivity contribution in [3.8, 4) is 0 Å². The summed E-state index contributed by atoms with van der Waals surface area (Å²) in [6.45, 7) is 4.99. The van der Waals surface area contributed by atoms with Crippen molar-refractivity contribution < 1.29 is 24.5 Å². The molecule has 522 valence electrons. The summed E-state index contributed by atoms with van der Waals surface area (Å²) in [5.74, 6) is -0.0107. The molecule has 0 heterocycles. The van der Waals surface area contributed by atoms with Crippen molar-refractivity contribution in [3.63, 3.8) is 0 Å². The summed E-state index contributed by atoms with van der Waals surface area (Å²) in [7, 11) is 0. The van der Waals surface area contributed by atoms with E-state index in [-0.39, 0.29) is 18.5 Å². The first-order valence-corrected chi connectivity index (χ1v) is 40.6. The minimum absolute atomic E-state index is 0.0145. The van der Waals surface area contributed by atoms with Gasteiger partial charge in [0.15, 0.2) is 0 Å². The van der Waals surface area contributed by atoms with Crippen molar-refractivity contribution in [2.45, 2.75) is 475 Å². The summed E-state index contributed by atoms with van der Waals surface area (Å²) in [4.78, 5) is 24.7. The zero-order valence-corrected chi connectivity index (χ0v) is 60.0. The second kappa shape index (κ2) is 77.8. The normalized spacial score (nSPS) is 12.5. The molecular formula is C82H159NO5. The molecule has 88 heavy (non-hydrogen) atoms. The van der Waals surface area contributed by atoms with Gasteiger partial charge in [0, 0.05) is 12.8 Å². The molecule has 0 bridgehead atoms. The predicted molar refractivity (Wildman–Crippen MR) is 389 cm³/mol. The molecule has 1 amide bonds. The van der Waals surface area contributed by atoms with E-state index >= 15 is 0 Å². The predicted octanol–water partition coefficient (Wildman–Crippen LogP) is 26.8. The number of hydrogen-bond donors (Lipinski definition) is 3. The molecule has 3 N–H and O–H groups in total. The molecule has 6 heteroatoms. The lowest BCUT2D eigenvalue weighted by Crippen LogP contribution is -2.45. The van der Waals surface area contributed by atoms with Gasteiger partial charge in [-0.05, 0) is 57.8 Å². The third kappa shape index (κ3) is 73.4. The van der Waals surface area contributed by atoms with Gasteiger partial charge in [0.25, 0.3) is 0 Å². The van der Waals surface area contributed by atoms with Gasteiger partial charge in [-0.1, -0.05) is 417 Å². The maximum atomic E-state index is 12.6. The van der Waals surface area contributed by atoms with Crippen LogP contribution in [0, 0.1) is 0 Å². The fourth-order valence-electron chi connectivity index (χ4n) is 13.1. The van der Waals surface area contributed by atoms with Crippen molar-refractivity contribution in [1.82, 2.24) is 5.32 Å². The van der Waals surface area contributed by atoms with Crippen LogP contribution in [0.3, 0.4) is 0 Å². The zero-order chi connectivity index (χ0) is 63.5. The number of nitrogens with one attached hydrogen (secondary N) is 1. The molecule has 0 saturated heterocycles. The van der Waals surface area contributed by atoms with Crippen molar-refractivity contribution in [2.75, 3.05) is 13.2 Å². The quantitative estimate of drug-likeness (QED) is 0.0320. The van der Waals surface area contributed by atoms with E-state index in [4.69, 9.17) is 4.74 Å². The number of carbonyl (C=O) groups is 2. The zero-order valence-electron chi connectivity index (χ0n) is 60.0. The molecular weight excluding hydrogens is 1080 g/mol. The first-order chi connectivity index (χ1) is 43.5. The van der Waals surface area contributed by atoms with Crippen LogP contribution in [0.4, 0.5) is 0 Å². The van der Waals surface area contributed by atoms with Crippen molar-refractivity contribution >= 4 is 11.9 Å². The number of esters is 1. The van der Waals surface area contributed by atoms with Crippen LogP contribution >= 0.6 is 0 Å². The van der Waals surface area contributed by atoms with Crippen LogP contribution in [0.25, 0.3) is 0 Å². The number of aliphatic hydroxyl groups excluding tert-OH is 2. The average molecular weight is 1240 g/mol. The maximum absolute atomic E-state index is 12.6.